The Morgan fingerprint density at radius 1 is 1.45 bits per heavy atom. The van der Waals surface area contributed by atoms with Crippen LogP contribution in [0.15, 0.2) is 16.7 Å². The highest BCUT2D eigenvalue weighted by Gasteiger charge is 2.48. The number of carbonyl (C=O) groups is 1. The van der Waals surface area contributed by atoms with Crippen molar-refractivity contribution >= 4 is 21.7 Å². The molecule has 108 valence electrons. The maximum absolute atomic E-state index is 12.5. The molecule has 3 rings (SSSR count). The van der Waals surface area contributed by atoms with Crippen molar-refractivity contribution in [2.75, 3.05) is 19.7 Å². The van der Waals surface area contributed by atoms with Gasteiger partial charge in [0.05, 0.1) is 17.7 Å². The Kier molecular flexibility index (Phi) is 3.69. The molecular formula is C15H19BrN2O2. The highest BCUT2D eigenvalue weighted by atomic mass is 79.9. The van der Waals surface area contributed by atoms with Crippen LogP contribution in [0.3, 0.4) is 0 Å². The molecule has 1 aliphatic heterocycles. The minimum Gasteiger partial charge on any atom is -0.395 e. The number of aliphatic hydroxyl groups excluding tert-OH is 1. The monoisotopic (exact) mass is 338 g/mol. The number of hydrogen-bond acceptors (Lipinski definition) is 4. The van der Waals surface area contributed by atoms with E-state index in [1.165, 1.54) is 0 Å². The summed E-state index contributed by atoms with van der Waals surface area (Å²) in [7, 11) is 0. The van der Waals surface area contributed by atoms with Crippen LogP contribution in [0.25, 0.3) is 0 Å². The number of nitrogens with zero attached hydrogens (tertiary/aromatic N) is 2. The number of rotatable bonds is 2. The molecule has 0 aromatic carbocycles. The molecule has 1 aromatic heterocycles. The molecule has 1 aromatic rings. The number of aromatic nitrogens is 1. The average molecular weight is 339 g/mol. The van der Waals surface area contributed by atoms with Crippen LogP contribution in [0.2, 0.25) is 0 Å². The van der Waals surface area contributed by atoms with Crippen LogP contribution in [-0.2, 0) is 16.6 Å². The maximum atomic E-state index is 12.5. The fourth-order valence-electron chi connectivity index (χ4n) is 3.53. The van der Waals surface area contributed by atoms with Crippen molar-refractivity contribution in [1.82, 2.24) is 9.88 Å². The lowest BCUT2D eigenvalue weighted by Gasteiger charge is -2.40. The van der Waals surface area contributed by atoms with Crippen LogP contribution in [0.1, 0.15) is 31.0 Å². The number of hydrogen-bond donors (Lipinski definition) is 1. The van der Waals surface area contributed by atoms with E-state index < -0.39 is 0 Å². The second-order valence-electron chi connectivity index (χ2n) is 5.88. The van der Waals surface area contributed by atoms with Crippen LogP contribution in [0, 0.1) is 0 Å². The molecule has 1 fully saturated rings. The average Bonchev–Trinajstić information content (AvgIpc) is 2.71. The SMILES string of the molecule is CC(CO)N1CCC2(CC1)C(=O)Cc1nc(Br)ccc12. The molecule has 2 aliphatic rings. The Balaban J connectivity index is 1.87. The first-order valence-electron chi connectivity index (χ1n) is 7.11. The van der Waals surface area contributed by atoms with E-state index in [4.69, 9.17) is 0 Å². The highest BCUT2D eigenvalue weighted by Crippen LogP contribution is 2.43. The van der Waals surface area contributed by atoms with Gasteiger partial charge in [-0.15, -0.1) is 0 Å². The Bertz CT molecular complexity index is 539. The molecule has 1 saturated heterocycles. The van der Waals surface area contributed by atoms with Crippen molar-refractivity contribution in [1.29, 1.82) is 0 Å². The number of carbonyl (C=O) groups excluding carboxylic acids is 1. The van der Waals surface area contributed by atoms with Gasteiger partial charge in [-0.2, -0.15) is 0 Å². The lowest BCUT2D eigenvalue weighted by atomic mass is 9.73. The molecule has 20 heavy (non-hydrogen) atoms. The molecule has 1 atom stereocenters. The van der Waals surface area contributed by atoms with Gasteiger partial charge >= 0.3 is 0 Å². The number of fused-ring (bicyclic) bond motifs is 2. The van der Waals surface area contributed by atoms with Crippen molar-refractivity contribution < 1.29 is 9.90 Å². The van der Waals surface area contributed by atoms with Crippen molar-refractivity contribution in [3.63, 3.8) is 0 Å². The van der Waals surface area contributed by atoms with Crippen molar-refractivity contribution in [2.45, 2.75) is 37.6 Å². The molecule has 0 radical (unpaired) electrons. The molecular weight excluding hydrogens is 320 g/mol. The van der Waals surface area contributed by atoms with Gasteiger partial charge in [-0.3, -0.25) is 9.69 Å². The molecule has 4 nitrogen and oxygen atoms in total. The number of aliphatic hydroxyl groups is 1. The fraction of sp³-hybridized carbons (Fsp3) is 0.600. The first-order chi connectivity index (χ1) is 9.56. The summed E-state index contributed by atoms with van der Waals surface area (Å²) in [5.41, 5.74) is 1.74. The summed E-state index contributed by atoms with van der Waals surface area (Å²) in [5.74, 6) is 0.314. The molecule has 0 bridgehead atoms. The summed E-state index contributed by atoms with van der Waals surface area (Å²) in [6.07, 6.45) is 2.14. The number of likely N-dealkylation sites (tertiary alicyclic amines) is 1. The summed E-state index contributed by atoms with van der Waals surface area (Å²) < 4.78 is 0.799. The fourth-order valence-corrected chi connectivity index (χ4v) is 3.87. The van der Waals surface area contributed by atoms with Crippen molar-refractivity contribution in [3.05, 3.63) is 28.0 Å². The number of ketones is 1. The zero-order chi connectivity index (χ0) is 14.3. The van der Waals surface area contributed by atoms with E-state index in [1.807, 2.05) is 13.0 Å². The van der Waals surface area contributed by atoms with E-state index in [9.17, 15) is 9.90 Å². The Hall–Kier alpha value is -0.780. The van der Waals surface area contributed by atoms with E-state index in [1.54, 1.807) is 0 Å². The zero-order valence-electron chi connectivity index (χ0n) is 11.6. The van der Waals surface area contributed by atoms with Crippen LogP contribution in [0.5, 0.6) is 0 Å². The first kappa shape index (κ1) is 14.2. The predicted octanol–water partition coefficient (Wildman–Crippen LogP) is 1.68. The molecule has 1 spiro atoms. The van der Waals surface area contributed by atoms with Crippen molar-refractivity contribution in [2.24, 2.45) is 0 Å². The summed E-state index contributed by atoms with van der Waals surface area (Å²) in [6.45, 7) is 3.93. The van der Waals surface area contributed by atoms with Gasteiger partial charge < -0.3 is 5.11 Å². The number of pyridine rings is 1. The van der Waals surface area contributed by atoms with Crippen LogP contribution >= 0.6 is 15.9 Å². The Morgan fingerprint density at radius 2 is 2.15 bits per heavy atom. The molecule has 2 heterocycles. The minimum atomic E-state index is -0.325. The van der Waals surface area contributed by atoms with E-state index in [0.717, 1.165) is 41.8 Å². The van der Waals surface area contributed by atoms with Crippen LogP contribution < -0.4 is 0 Å². The zero-order valence-corrected chi connectivity index (χ0v) is 13.2. The lowest BCUT2D eigenvalue weighted by Crippen LogP contribution is -2.49. The van der Waals surface area contributed by atoms with Crippen LogP contribution in [0.4, 0.5) is 0 Å². The summed E-state index contributed by atoms with van der Waals surface area (Å²) in [5, 5.41) is 9.26. The van der Waals surface area contributed by atoms with E-state index >= 15 is 0 Å². The van der Waals surface area contributed by atoms with Gasteiger partial charge in [-0.25, -0.2) is 4.98 Å². The molecule has 1 N–H and O–H groups in total. The van der Waals surface area contributed by atoms with Gasteiger partial charge in [0.15, 0.2) is 0 Å². The second kappa shape index (κ2) is 5.20. The predicted molar refractivity (Wildman–Crippen MR) is 79.7 cm³/mol. The quantitative estimate of drug-likeness (QED) is 0.833. The van der Waals surface area contributed by atoms with Gasteiger partial charge in [0.25, 0.3) is 0 Å². The largest absolute Gasteiger partial charge is 0.395 e. The van der Waals surface area contributed by atoms with E-state index in [2.05, 4.69) is 31.9 Å². The first-order valence-corrected chi connectivity index (χ1v) is 7.90. The molecule has 1 unspecified atom stereocenters. The molecule has 0 amide bonds. The number of halogens is 1. The third kappa shape index (κ3) is 2.12. The third-order valence-electron chi connectivity index (χ3n) is 4.86. The highest BCUT2D eigenvalue weighted by molar-refractivity contribution is 9.10. The normalized spacial score (nSPS) is 23.1. The molecule has 0 saturated carbocycles. The second-order valence-corrected chi connectivity index (χ2v) is 6.69. The smallest absolute Gasteiger partial charge is 0.149 e. The lowest BCUT2D eigenvalue weighted by molar-refractivity contribution is -0.124. The summed E-state index contributed by atoms with van der Waals surface area (Å²) in [4.78, 5) is 19.3. The Labute approximate surface area is 127 Å². The standard InChI is InChI=1S/C15H19BrN2O2/c1-10(9-19)18-6-4-15(5-7-18)11-2-3-14(16)17-12(11)8-13(15)20/h2-3,10,19H,4-9H2,1H3. The number of Topliss-reactive ketones (excluding diaryl/α,β-unsaturated/α-hetero) is 1. The number of piperidine rings is 1. The summed E-state index contributed by atoms with van der Waals surface area (Å²) >= 11 is 3.38. The van der Waals surface area contributed by atoms with E-state index in [0.29, 0.717) is 12.2 Å². The Morgan fingerprint density at radius 3 is 2.80 bits per heavy atom. The van der Waals surface area contributed by atoms with Gasteiger partial charge in [-0.1, -0.05) is 6.07 Å². The van der Waals surface area contributed by atoms with Gasteiger partial charge in [0, 0.05) is 12.5 Å². The van der Waals surface area contributed by atoms with Crippen LogP contribution in [-0.4, -0.2) is 46.5 Å². The molecule has 5 heteroatoms. The summed E-state index contributed by atoms with van der Waals surface area (Å²) in [6, 6.07) is 4.16. The van der Waals surface area contributed by atoms with Gasteiger partial charge in [0.2, 0.25) is 0 Å². The van der Waals surface area contributed by atoms with Gasteiger partial charge in [0.1, 0.15) is 10.4 Å². The van der Waals surface area contributed by atoms with Crippen molar-refractivity contribution in [3.8, 4) is 0 Å². The minimum absolute atomic E-state index is 0.173. The van der Waals surface area contributed by atoms with E-state index in [-0.39, 0.29) is 18.1 Å². The molecule has 1 aliphatic carbocycles. The third-order valence-corrected chi connectivity index (χ3v) is 5.30. The maximum Gasteiger partial charge on any atom is 0.149 e. The topological polar surface area (TPSA) is 53.4 Å². The van der Waals surface area contributed by atoms with Gasteiger partial charge in [-0.05, 0) is 60.4 Å².